The Morgan fingerprint density at radius 2 is 2.83 bits per heavy atom. The highest BCUT2D eigenvalue weighted by Gasteiger charge is 1.78. The molecular formula is C4H4NO. The zero-order valence-electron chi connectivity index (χ0n) is 3.22. The van der Waals surface area contributed by atoms with Crippen LogP contribution in [-0.2, 0) is 4.74 Å². The van der Waals surface area contributed by atoms with Crippen molar-refractivity contribution in [2.75, 3.05) is 6.61 Å². The van der Waals surface area contributed by atoms with E-state index in [1.165, 1.54) is 0 Å². The largest absolute Gasteiger partial charge is 0.470 e. The van der Waals surface area contributed by atoms with Crippen LogP contribution in [0.15, 0.2) is 17.3 Å². The second-order valence-corrected chi connectivity index (χ2v) is 0.916. The van der Waals surface area contributed by atoms with Crippen molar-refractivity contribution in [3.63, 3.8) is 0 Å². The van der Waals surface area contributed by atoms with Crippen molar-refractivity contribution < 1.29 is 4.74 Å². The van der Waals surface area contributed by atoms with Crippen LogP contribution in [0.2, 0.25) is 0 Å². The molecule has 2 heteroatoms. The lowest BCUT2D eigenvalue weighted by Crippen LogP contribution is -1.89. The molecule has 1 aliphatic rings. The maximum Gasteiger partial charge on any atom is 0.278 e. The zero-order chi connectivity index (χ0) is 4.24. The molecule has 0 spiro atoms. The molecule has 1 heterocycles. The molecule has 31 valence electrons. The molecule has 0 saturated heterocycles. The van der Waals surface area contributed by atoms with Crippen molar-refractivity contribution >= 4 is 6.40 Å². The molecule has 0 aromatic carbocycles. The molecule has 0 aliphatic carbocycles. The number of ether oxygens (including phenoxy) is 1. The molecule has 0 unspecified atom stereocenters. The fourth-order valence-corrected chi connectivity index (χ4v) is 0.249. The molecule has 0 saturated carbocycles. The van der Waals surface area contributed by atoms with Crippen LogP contribution in [0.3, 0.4) is 0 Å². The summed E-state index contributed by atoms with van der Waals surface area (Å²) in [5.41, 5.74) is 0. The maximum absolute atomic E-state index is 4.57. The van der Waals surface area contributed by atoms with Gasteiger partial charge in [-0.3, -0.25) is 0 Å². The first-order valence-corrected chi connectivity index (χ1v) is 1.72. The smallest absolute Gasteiger partial charge is 0.278 e. The van der Waals surface area contributed by atoms with Crippen LogP contribution in [0.5, 0.6) is 0 Å². The SMILES string of the molecule is [C]1=NC=CCO1. The molecule has 0 N–H and O–H groups in total. The topological polar surface area (TPSA) is 21.6 Å². The fraction of sp³-hybridized carbons (Fsp3) is 0.250. The summed E-state index contributed by atoms with van der Waals surface area (Å²) in [5.74, 6) is 0. The lowest BCUT2D eigenvalue weighted by molar-refractivity contribution is 0.362. The number of nitrogens with zero attached hydrogens (tertiary/aromatic N) is 1. The first-order chi connectivity index (χ1) is 3.00. The Balaban J connectivity index is 2.46. The first kappa shape index (κ1) is 3.40. The minimum Gasteiger partial charge on any atom is -0.470 e. The average molecular weight is 82.1 g/mol. The third kappa shape index (κ3) is 0.578. The molecule has 0 fully saturated rings. The Hall–Kier alpha value is -0.790. The molecule has 1 radical (unpaired) electrons. The van der Waals surface area contributed by atoms with E-state index in [9.17, 15) is 0 Å². The highest BCUT2D eigenvalue weighted by molar-refractivity contribution is 5.48. The van der Waals surface area contributed by atoms with Gasteiger partial charge in [-0.15, -0.1) is 0 Å². The van der Waals surface area contributed by atoms with Crippen molar-refractivity contribution in [2.45, 2.75) is 0 Å². The summed E-state index contributed by atoms with van der Waals surface area (Å²) in [5, 5.41) is 0. The van der Waals surface area contributed by atoms with Gasteiger partial charge in [0.05, 0.1) is 0 Å². The van der Waals surface area contributed by atoms with E-state index in [1.54, 1.807) is 6.20 Å². The predicted molar refractivity (Wildman–Crippen MR) is 22.5 cm³/mol. The lowest BCUT2D eigenvalue weighted by atomic mass is 10.6. The van der Waals surface area contributed by atoms with Gasteiger partial charge in [0.15, 0.2) is 0 Å². The third-order valence-corrected chi connectivity index (χ3v) is 0.477. The van der Waals surface area contributed by atoms with Gasteiger partial charge < -0.3 is 4.74 Å². The van der Waals surface area contributed by atoms with E-state index in [2.05, 4.69) is 16.1 Å². The number of aliphatic imine (C=N–C) groups is 1. The highest BCUT2D eigenvalue weighted by atomic mass is 16.5. The Bertz CT molecular complexity index is 73.5. The summed E-state index contributed by atoms with van der Waals surface area (Å²) in [4.78, 5) is 3.52. The quantitative estimate of drug-likeness (QED) is 0.415. The summed E-state index contributed by atoms with van der Waals surface area (Å²) in [6.07, 6.45) is 5.80. The van der Waals surface area contributed by atoms with Crippen LogP contribution in [0.4, 0.5) is 0 Å². The van der Waals surface area contributed by atoms with Gasteiger partial charge in [-0.2, -0.15) is 0 Å². The summed E-state index contributed by atoms with van der Waals surface area (Å²) < 4.78 is 4.57. The molecule has 1 rings (SSSR count). The normalized spacial score (nSPS) is 17.3. The Kier molecular flexibility index (Phi) is 0.906. The Morgan fingerprint density at radius 3 is 3.00 bits per heavy atom. The predicted octanol–water partition coefficient (Wildman–Crippen LogP) is 0.436. The second kappa shape index (κ2) is 1.60. The van der Waals surface area contributed by atoms with E-state index < -0.39 is 0 Å². The van der Waals surface area contributed by atoms with Crippen molar-refractivity contribution in [1.82, 2.24) is 0 Å². The minimum absolute atomic E-state index is 0.615. The molecule has 0 aromatic rings. The van der Waals surface area contributed by atoms with Gasteiger partial charge >= 0.3 is 0 Å². The van der Waals surface area contributed by atoms with Gasteiger partial charge in [-0.1, -0.05) is 0 Å². The van der Waals surface area contributed by atoms with E-state index >= 15 is 0 Å². The van der Waals surface area contributed by atoms with Crippen LogP contribution in [0.1, 0.15) is 0 Å². The van der Waals surface area contributed by atoms with Crippen molar-refractivity contribution in [3.8, 4) is 0 Å². The van der Waals surface area contributed by atoms with Gasteiger partial charge in [0.25, 0.3) is 6.40 Å². The average Bonchev–Trinajstić information content (AvgIpc) is 1.72. The van der Waals surface area contributed by atoms with E-state index in [0.717, 1.165) is 0 Å². The molecule has 1 aliphatic heterocycles. The number of hydrogen-bond acceptors (Lipinski definition) is 2. The number of rotatable bonds is 0. The summed E-state index contributed by atoms with van der Waals surface area (Å²) in [6.45, 7) is 0.615. The molecule has 0 atom stereocenters. The molecule has 2 nitrogen and oxygen atoms in total. The van der Waals surface area contributed by atoms with Crippen LogP contribution in [-0.4, -0.2) is 13.0 Å². The van der Waals surface area contributed by atoms with Crippen LogP contribution >= 0.6 is 0 Å². The zero-order valence-corrected chi connectivity index (χ0v) is 3.22. The monoisotopic (exact) mass is 82.0 g/mol. The van der Waals surface area contributed by atoms with Crippen LogP contribution in [0.25, 0.3) is 0 Å². The lowest BCUT2D eigenvalue weighted by Gasteiger charge is -1.91. The number of hydrogen-bond donors (Lipinski definition) is 0. The Morgan fingerprint density at radius 1 is 1.83 bits per heavy atom. The van der Waals surface area contributed by atoms with Gasteiger partial charge in [-0.25, -0.2) is 4.99 Å². The van der Waals surface area contributed by atoms with E-state index in [0.29, 0.717) is 6.61 Å². The van der Waals surface area contributed by atoms with Crippen molar-refractivity contribution in [2.24, 2.45) is 4.99 Å². The molecular weight excluding hydrogens is 78.0 g/mol. The molecule has 0 aromatic heterocycles. The van der Waals surface area contributed by atoms with Gasteiger partial charge in [0.1, 0.15) is 6.61 Å². The van der Waals surface area contributed by atoms with Crippen molar-refractivity contribution in [1.29, 1.82) is 0 Å². The van der Waals surface area contributed by atoms with Gasteiger partial charge in [-0.05, 0) is 6.08 Å². The van der Waals surface area contributed by atoms with E-state index in [1.807, 2.05) is 6.08 Å². The summed E-state index contributed by atoms with van der Waals surface area (Å²) >= 11 is 0. The first-order valence-electron chi connectivity index (χ1n) is 1.72. The van der Waals surface area contributed by atoms with Crippen LogP contribution < -0.4 is 0 Å². The summed E-state index contributed by atoms with van der Waals surface area (Å²) in [7, 11) is 0. The van der Waals surface area contributed by atoms with Gasteiger partial charge in [0, 0.05) is 6.20 Å². The van der Waals surface area contributed by atoms with Gasteiger partial charge in [0.2, 0.25) is 0 Å². The minimum atomic E-state index is 0.615. The Labute approximate surface area is 36.1 Å². The highest BCUT2D eigenvalue weighted by Crippen LogP contribution is 1.81. The van der Waals surface area contributed by atoms with E-state index in [4.69, 9.17) is 0 Å². The fourth-order valence-electron chi connectivity index (χ4n) is 0.249. The standard InChI is InChI=1S/C4H4NO/c1-2-5-4-6-3-1/h1-2H,3H2. The van der Waals surface area contributed by atoms with Crippen molar-refractivity contribution in [3.05, 3.63) is 12.3 Å². The van der Waals surface area contributed by atoms with E-state index in [-0.39, 0.29) is 0 Å². The molecule has 0 bridgehead atoms. The molecule has 6 heavy (non-hydrogen) atoms. The third-order valence-electron chi connectivity index (χ3n) is 0.477. The molecule has 0 amide bonds. The second-order valence-electron chi connectivity index (χ2n) is 0.916. The van der Waals surface area contributed by atoms with Crippen LogP contribution in [0, 0.1) is 0 Å². The summed E-state index contributed by atoms with van der Waals surface area (Å²) in [6, 6.07) is 0. The maximum atomic E-state index is 4.57.